The number of rotatable bonds is 3. The first-order valence-corrected chi connectivity index (χ1v) is 6.86. The monoisotopic (exact) mass is 247 g/mol. The number of pyridine rings is 1. The summed E-state index contributed by atoms with van der Waals surface area (Å²) in [6.45, 7) is 4.74. The van der Waals surface area contributed by atoms with Gasteiger partial charge in [0, 0.05) is 26.3 Å². The molecule has 0 spiro atoms. The molecule has 0 saturated heterocycles. The molecule has 1 N–H and O–H groups in total. The van der Waals surface area contributed by atoms with Crippen molar-refractivity contribution in [3.63, 3.8) is 0 Å². The van der Waals surface area contributed by atoms with Crippen LogP contribution in [0.5, 0.6) is 0 Å². The summed E-state index contributed by atoms with van der Waals surface area (Å²) in [5, 5.41) is 3.68. The summed E-state index contributed by atoms with van der Waals surface area (Å²) in [6, 6.07) is 2.65. The van der Waals surface area contributed by atoms with Gasteiger partial charge in [-0.05, 0) is 30.7 Å². The van der Waals surface area contributed by atoms with Gasteiger partial charge < -0.3 is 10.2 Å². The maximum Gasteiger partial charge on any atom is 0.0766 e. The third kappa shape index (κ3) is 3.15. The standard InChI is InChI=1S/C15H25N3/c1-15(2)8-5-6-12(10-15)17-13-11-16-9-7-14(13)18(3)4/h7,9,11-12,17H,5-6,8,10H2,1-4H3. The number of anilines is 2. The number of aromatic nitrogens is 1. The van der Waals surface area contributed by atoms with E-state index in [-0.39, 0.29) is 0 Å². The van der Waals surface area contributed by atoms with Crippen molar-refractivity contribution >= 4 is 11.4 Å². The lowest BCUT2D eigenvalue weighted by Gasteiger charge is -2.36. The fraction of sp³-hybridized carbons (Fsp3) is 0.667. The molecule has 1 saturated carbocycles. The second kappa shape index (κ2) is 5.17. The fourth-order valence-corrected chi connectivity index (χ4v) is 2.93. The number of nitrogens with one attached hydrogen (secondary N) is 1. The third-order valence-electron chi connectivity index (χ3n) is 3.84. The second-order valence-corrected chi connectivity index (χ2v) is 6.39. The number of nitrogens with zero attached hydrogens (tertiary/aromatic N) is 2. The summed E-state index contributed by atoms with van der Waals surface area (Å²) < 4.78 is 0. The van der Waals surface area contributed by atoms with Crippen molar-refractivity contribution in [1.82, 2.24) is 4.98 Å². The lowest BCUT2D eigenvalue weighted by molar-refractivity contribution is 0.229. The molecule has 2 rings (SSSR count). The van der Waals surface area contributed by atoms with Gasteiger partial charge in [0.1, 0.15) is 0 Å². The van der Waals surface area contributed by atoms with Crippen LogP contribution in [0.1, 0.15) is 39.5 Å². The van der Waals surface area contributed by atoms with Gasteiger partial charge in [0.2, 0.25) is 0 Å². The van der Waals surface area contributed by atoms with Crippen LogP contribution in [0.15, 0.2) is 18.5 Å². The minimum Gasteiger partial charge on any atom is -0.379 e. The first-order chi connectivity index (χ1) is 8.48. The van der Waals surface area contributed by atoms with Gasteiger partial charge in [-0.25, -0.2) is 0 Å². The zero-order valence-electron chi connectivity index (χ0n) is 12.0. The molecule has 1 aliphatic rings. The van der Waals surface area contributed by atoms with Crippen molar-refractivity contribution < 1.29 is 0 Å². The van der Waals surface area contributed by atoms with Crippen LogP contribution in [-0.2, 0) is 0 Å². The fourth-order valence-electron chi connectivity index (χ4n) is 2.93. The van der Waals surface area contributed by atoms with Gasteiger partial charge >= 0.3 is 0 Å². The Kier molecular flexibility index (Phi) is 3.79. The molecule has 1 unspecified atom stereocenters. The zero-order chi connectivity index (χ0) is 13.2. The Morgan fingerprint density at radius 1 is 1.39 bits per heavy atom. The van der Waals surface area contributed by atoms with Crippen molar-refractivity contribution in [2.24, 2.45) is 5.41 Å². The van der Waals surface area contributed by atoms with Crippen molar-refractivity contribution in [2.75, 3.05) is 24.3 Å². The van der Waals surface area contributed by atoms with Gasteiger partial charge in [-0.2, -0.15) is 0 Å². The SMILES string of the molecule is CN(C)c1ccncc1NC1CCCC(C)(C)C1. The van der Waals surface area contributed by atoms with Crippen molar-refractivity contribution in [3.05, 3.63) is 18.5 Å². The van der Waals surface area contributed by atoms with Crippen LogP contribution in [0.2, 0.25) is 0 Å². The summed E-state index contributed by atoms with van der Waals surface area (Å²) in [6.07, 6.45) is 8.98. The molecule has 100 valence electrons. The summed E-state index contributed by atoms with van der Waals surface area (Å²) in [7, 11) is 4.15. The highest BCUT2D eigenvalue weighted by Gasteiger charge is 2.28. The van der Waals surface area contributed by atoms with E-state index in [1.807, 2.05) is 12.4 Å². The van der Waals surface area contributed by atoms with Crippen LogP contribution < -0.4 is 10.2 Å². The molecule has 1 aliphatic carbocycles. The van der Waals surface area contributed by atoms with Gasteiger partial charge in [0.25, 0.3) is 0 Å². The van der Waals surface area contributed by atoms with Crippen LogP contribution >= 0.6 is 0 Å². The normalized spacial score (nSPS) is 22.6. The Bertz CT molecular complexity index is 398. The molecule has 3 heteroatoms. The van der Waals surface area contributed by atoms with E-state index >= 15 is 0 Å². The molecule has 1 aromatic rings. The van der Waals surface area contributed by atoms with E-state index in [2.05, 4.69) is 49.2 Å². The summed E-state index contributed by atoms with van der Waals surface area (Å²) in [5.41, 5.74) is 2.84. The van der Waals surface area contributed by atoms with Gasteiger partial charge in [0.05, 0.1) is 17.6 Å². The molecule has 0 radical (unpaired) electrons. The molecule has 18 heavy (non-hydrogen) atoms. The Labute approximate surface area is 111 Å². The topological polar surface area (TPSA) is 28.2 Å². The largest absolute Gasteiger partial charge is 0.379 e. The quantitative estimate of drug-likeness (QED) is 0.885. The average molecular weight is 247 g/mol. The third-order valence-corrected chi connectivity index (χ3v) is 3.84. The lowest BCUT2D eigenvalue weighted by atomic mass is 9.75. The van der Waals surface area contributed by atoms with Crippen molar-refractivity contribution in [2.45, 2.75) is 45.6 Å². The van der Waals surface area contributed by atoms with E-state index in [9.17, 15) is 0 Å². The highest BCUT2D eigenvalue weighted by atomic mass is 15.1. The summed E-state index contributed by atoms with van der Waals surface area (Å²) in [4.78, 5) is 6.38. The molecule has 1 fully saturated rings. The molecular weight excluding hydrogens is 222 g/mol. The van der Waals surface area contributed by atoms with E-state index in [4.69, 9.17) is 0 Å². The van der Waals surface area contributed by atoms with Crippen LogP contribution in [0, 0.1) is 5.41 Å². The molecule has 1 aromatic heterocycles. The molecule has 0 aliphatic heterocycles. The number of hydrogen-bond acceptors (Lipinski definition) is 3. The first kappa shape index (κ1) is 13.2. The van der Waals surface area contributed by atoms with E-state index in [0.717, 1.165) is 5.69 Å². The highest BCUT2D eigenvalue weighted by molar-refractivity contribution is 5.68. The summed E-state index contributed by atoms with van der Waals surface area (Å²) in [5.74, 6) is 0. The van der Waals surface area contributed by atoms with E-state index in [1.54, 1.807) is 0 Å². The molecule has 1 atom stereocenters. The van der Waals surface area contributed by atoms with Crippen molar-refractivity contribution in [1.29, 1.82) is 0 Å². The molecular formula is C15H25N3. The van der Waals surface area contributed by atoms with Crippen molar-refractivity contribution in [3.8, 4) is 0 Å². The van der Waals surface area contributed by atoms with Crippen LogP contribution in [0.25, 0.3) is 0 Å². The minimum absolute atomic E-state index is 0.469. The smallest absolute Gasteiger partial charge is 0.0766 e. The van der Waals surface area contributed by atoms with Crippen LogP contribution in [-0.4, -0.2) is 25.1 Å². The molecule has 3 nitrogen and oxygen atoms in total. The average Bonchev–Trinajstić information content (AvgIpc) is 2.28. The minimum atomic E-state index is 0.469. The molecule has 0 aromatic carbocycles. The Morgan fingerprint density at radius 3 is 2.83 bits per heavy atom. The Hall–Kier alpha value is -1.25. The Balaban J connectivity index is 2.09. The predicted molar refractivity (Wildman–Crippen MR) is 78.2 cm³/mol. The lowest BCUT2D eigenvalue weighted by Crippen LogP contribution is -2.32. The number of hydrogen-bond donors (Lipinski definition) is 1. The van der Waals surface area contributed by atoms with Gasteiger partial charge in [-0.1, -0.05) is 20.3 Å². The van der Waals surface area contributed by atoms with E-state index in [1.165, 1.54) is 31.4 Å². The van der Waals surface area contributed by atoms with Gasteiger partial charge in [-0.3, -0.25) is 4.98 Å². The zero-order valence-corrected chi connectivity index (χ0v) is 12.0. The second-order valence-electron chi connectivity index (χ2n) is 6.39. The highest BCUT2D eigenvalue weighted by Crippen LogP contribution is 2.37. The maximum atomic E-state index is 4.24. The van der Waals surface area contributed by atoms with Crippen LogP contribution in [0.3, 0.4) is 0 Å². The maximum absolute atomic E-state index is 4.24. The Morgan fingerprint density at radius 2 is 2.17 bits per heavy atom. The molecule has 0 amide bonds. The van der Waals surface area contributed by atoms with E-state index < -0.39 is 0 Å². The van der Waals surface area contributed by atoms with Crippen LogP contribution in [0.4, 0.5) is 11.4 Å². The molecule has 0 bridgehead atoms. The van der Waals surface area contributed by atoms with Gasteiger partial charge in [0.15, 0.2) is 0 Å². The predicted octanol–water partition coefficient (Wildman–Crippen LogP) is 3.53. The van der Waals surface area contributed by atoms with Gasteiger partial charge in [-0.15, -0.1) is 0 Å². The summed E-state index contributed by atoms with van der Waals surface area (Å²) >= 11 is 0. The van der Waals surface area contributed by atoms with E-state index in [0.29, 0.717) is 11.5 Å². The first-order valence-electron chi connectivity index (χ1n) is 6.86. The molecule has 1 heterocycles.